The van der Waals surface area contributed by atoms with E-state index in [9.17, 15) is 4.79 Å². The Morgan fingerprint density at radius 1 is 1.39 bits per heavy atom. The van der Waals surface area contributed by atoms with Crippen molar-refractivity contribution < 1.29 is 4.79 Å². The van der Waals surface area contributed by atoms with Crippen LogP contribution in [-0.4, -0.2) is 41.5 Å². The van der Waals surface area contributed by atoms with Crippen LogP contribution in [0.3, 0.4) is 0 Å². The summed E-state index contributed by atoms with van der Waals surface area (Å²) >= 11 is 1.56. The number of aryl methyl sites for hydroxylation is 1. The molecule has 1 N–H and O–H groups in total. The van der Waals surface area contributed by atoms with Crippen LogP contribution in [0.5, 0.6) is 0 Å². The summed E-state index contributed by atoms with van der Waals surface area (Å²) in [7, 11) is 0. The maximum Gasteiger partial charge on any atom is 0.261 e. The molecule has 0 aliphatic carbocycles. The molecule has 3 saturated heterocycles. The molecular formula is C18H21N3OS. The zero-order chi connectivity index (χ0) is 15.8. The number of hydrogen-bond acceptors (Lipinski definition) is 4. The van der Waals surface area contributed by atoms with E-state index in [-0.39, 0.29) is 5.91 Å². The highest BCUT2D eigenvalue weighted by atomic mass is 32.1. The van der Waals surface area contributed by atoms with Crippen LogP contribution in [0.1, 0.15) is 28.1 Å². The van der Waals surface area contributed by atoms with Gasteiger partial charge in [0.05, 0.1) is 4.88 Å². The first kappa shape index (κ1) is 14.8. The molecule has 0 spiro atoms. The van der Waals surface area contributed by atoms with Crippen molar-refractivity contribution in [1.29, 1.82) is 0 Å². The number of amides is 1. The zero-order valence-corrected chi connectivity index (χ0v) is 14.1. The van der Waals surface area contributed by atoms with Crippen LogP contribution in [0.4, 0.5) is 0 Å². The molecule has 5 heterocycles. The van der Waals surface area contributed by atoms with Gasteiger partial charge in [-0.05, 0) is 56.5 Å². The molecule has 3 aliphatic heterocycles. The highest BCUT2D eigenvalue weighted by Crippen LogP contribution is 2.32. The van der Waals surface area contributed by atoms with Crippen molar-refractivity contribution in [3.05, 3.63) is 41.0 Å². The van der Waals surface area contributed by atoms with Gasteiger partial charge in [-0.3, -0.25) is 9.78 Å². The predicted molar refractivity (Wildman–Crippen MR) is 92.7 cm³/mol. The molecule has 23 heavy (non-hydrogen) atoms. The topological polar surface area (TPSA) is 45.2 Å². The number of hydrogen-bond donors (Lipinski definition) is 1. The maximum absolute atomic E-state index is 12.7. The van der Waals surface area contributed by atoms with Gasteiger partial charge in [0, 0.05) is 35.4 Å². The van der Waals surface area contributed by atoms with E-state index in [0.29, 0.717) is 12.0 Å². The van der Waals surface area contributed by atoms with Gasteiger partial charge in [0.2, 0.25) is 0 Å². The summed E-state index contributed by atoms with van der Waals surface area (Å²) in [4.78, 5) is 21.3. The zero-order valence-electron chi connectivity index (χ0n) is 13.3. The summed E-state index contributed by atoms with van der Waals surface area (Å²) in [5.74, 6) is 0.739. The number of carbonyl (C=O) groups is 1. The first-order chi connectivity index (χ1) is 11.2. The van der Waals surface area contributed by atoms with Crippen LogP contribution in [0.25, 0.3) is 10.4 Å². The summed E-state index contributed by atoms with van der Waals surface area (Å²) in [5, 5.41) is 3.29. The molecule has 1 amide bonds. The minimum Gasteiger partial charge on any atom is -0.347 e. The summed E-state index contributed by atoms with van der Waals surface area (Å²) in [5.41, 5.74) is 2.12. The third-order valence-electron chi connectivity index (χ3n) is 5.04. The Bertz CT molecular complexity index is 704. The molecule has 1 unspecified atom stereocenters. The average molecular weight is 327 g/mol. The van der Waals surface area contributed by atoms with Gasteiger partial charge in [-0.15, -0.1) is 11.3 Å². The molecule has 5 rings (SSSR count). The monoisotopic (exact) mass is 327 g/mol. The van der Waals surface area contributed by atoms with E-state index in [0.717, 1.165) is 27.4 Å². The molecular weight excluding hydrogens is 306 g/mol. The standard InChI is InChI=1S/C18H21N3OS/c1-12-9-16(14-3-2-6-19-10-14)23-17(12)18(22)20-15-11-21-7-4-13(15)5-8-21/h2-3,6,9-10,13,15H,4-5,7-8,11H2,1H3,(H,20,22). The number of piperidine rings is 3. The summed E-state index contributed by atoms with van der Waals surface area (Å²) in [6.07, 6.45) is 6.05. The molecule has 1 atom stereocenters. The van der Waals surface area contributed by atoms with Crippen molar-refractivity contribution in [2.75, 3.05) is 19.6 Å². The highest BCUT2D eigenvalue weighted by molar-refractivity contribution is 7.17. The normalized spacial score (nSPS) is 26.2. The van der Waals surface area contributed by atoms with Gasteiger partial charge in [-0.1, -0.05) is 6.07 Å². The number of rotatable bonds is 3. The van der Waals surface area contributed by atoms with Gasteiger partial charge in [0.25, 0.3) is 5.91 Å². The smallest absolute Gasteiger partial charge is 0.261 e. The fourth-order valence-electron chi connectivity index (χ4n) is 3.72. The van der Waals surface area contributed by atoms with Crippen LogP contribution >= 0.6 is 11.3 Å². The van der Waals surface area contributed by atoms with Gasteiger partial charge >= 0.3 is 0 Å². The summed E-state index contributed by atoms with van der Waals surface area (Å²) in [6.45, 7) is 5.42. The first-order valence-corrected chi connectivity index (χ1v) is 9.06. The SMILES string of the molecule is Cc1cc(-c2cccnc2)sc1C(=O)NC1CN2CCC1CC2. The number of pyridine rings is 1. The second kappa shape index (κ2) is 6.06. The molecule has 2 bridgehead atoms. The molecule has 3 aliphatic rings. The van der Waals surface area contributed by atoms with Gasteiger partial charge in [-0.25, -0.2) is 0 Å². The summed E-state index contributed by atoms with van der Waals surface area (Å²) < 4.78 is 0. The minimum atomic E-state index is 0.0846. The van der Waals surface area contributed by atoms with Crippen molar-refractivity contribution in [1.82, 2.24) is 15.2 Å². The fraction of sp³-hybridized carbons (Fsp3) is 0.444. The van der Waals surface area contributed by atoms with E-state index in [1.54, 1.807) is 17.5 Å². The Morgan fingerprint density at radius 2 is 2.22 bits per heavy atom. The molecule has 2 aromatic rings. The van der Waals surface area contributed by atoms with Crippen molar-refractivity contribution >= 4 is 17.2 Å². The highest BCUT2D eigenvalue weighted by Gasteiger charge is 2.35. The Kier molecular flexibility index (Phi) is 3.91. The van der Waals surface area contributed by atoms with Gasteiger partial charge in [0.15, 0.2) is 0 Å². The van der Waals surface area contributed by atoms with E-state index in [4.69, 9.17) is 0 Å². The predicted octanol–water partition coefficient (Wildman–Crippen LogP) is 2.94. The molecule has 0 saturated carbocycles. The second-order valence-electron chi connectivity index (χ2n) is 6.58. The third-order valence-corrected chi connectivity index (χ3v) is 6.33. The fourth-order valence-corrected chi connectivity index (χ4v) is 4.79. The van der Waals surface area contributed by atoms with Gasteiger partial charge in [-0.2, -0.15) is 0 Å². The van der Waals surface area contributed by atoms with Crippen LogP contribution in [0.2, 0.25) is 0 Å². The molecule has 4 nitrogen and oxygen atoms in total. The Hall–Kier alpha value is -1.72. The minimum absolute atomic E-state index is 0.0846. The first-order valence-electron chi connectivity index (χ1n) is 8.25. The van der Waals surface area contributed by atoms with Crippen LogP contribution < -0.4 is 5.32 Å². The van der Waals surface area contributed by atoms with Crippen molar-refractivity contribution in [3.63, 3.8) is 0 Å². The average Bonchev–Trinajstić information content (AvgIpc) is 2.99. The lowest BCUT2D eigenvalue weighted by Crippen LogP contribution is -2.57. The molecule has 2 aromatic heterocycles. The van der Waals surface area contributed by atoms with E-state index in [1.807, 2.05) is 25.3 Å². The number of fused-ring (bicyclic) bond motifs is 3. The van der Waals surface area contributed by atoms with Crippen molar-refractivity contribution in [2.24, 2.45) is 5.92 Å². The number of nitrogens with zero attached hydrogens (tertiary/aromatic N) is 2. The maximum atomic E-state index is 12.7. The van der Waals surface area contributed by atoms with E-state index < -0.39 is 0 Å². The van der Waals surface area contributed by atoms with E-state index >= 15 is 0 Å². The molecule has 5 heteroatoms. The second-order valence-corrected chi connectivity index (χ2v) is 7.63. The van der Waals surface area contributed by atoms with Crippen molar-refractivity contribution in [2.45, 2.75) is 25.8 Å². The van der Waals surface area contributed by atoms with Crippen LogP contribution in [0.15, 0.2) is 30.6 Å². The lowest BCUT2D eigenvalue weighted by Gasteiger charge is -2.44. The Labute approximate surface area is 140 Å². The Morgan fingerprint density at radius 3 is 2.87 bits per heavy atom. The van der Waals surface area contributed by atoms with Crippen molar-refractivity contribution in [3.8, 4) is 10.4 Å². The van der Waals surface area contributed by atoms with E-state index in [1.165, 1.54) is 25.9 Å². The summed E-state index contributed by atoms with van der Waals surface area (Å²) in [6, 6.07) is 6.37. The van der Waals surface area contributed by atoms with E-state index in [2.05, 4.69) is 21.3 Å². The van der Waals surface area contributed by atoms with Crippen LogP contribution in [-0.2, 0) is 0 Å². The lowest BCUT2D eigenvalue weighted by molar-refractivity contribution is 0.0622. The van der Waals surface area contributed by atoms with Gasteiger partial charge < -0.3 is 10.2 Å². The number of thiophene rings is 1. The number of aromatic nitrogens is 1. The largest absolute Gasteiger partial charge is 0.347 e. The third kappa shape index (κ3) is 2.91. The van der Waals surface area contributed by atoms with Gasteiger partial charge in [0.1, 0.15) is 0 Å². The van der Waals surface area contributed by atoms with Crippen LogP contribution in [0, 0.1) is 12.8 Å². The molecule has 120 valence electrons. The Balaban J connectivity index is 1.52. The number of nitrogens with one attached hydrogen (secondary N) is 1. The number of carbonyl (C=O) groups excluding carboxylic acids is 1. The quantitative estimate of drug-likeness (QED) is 0.943. The molecule has 0 radical (unpaired) electrons. The molecule has 0 aromatic carbocycles. The molecule has 3 fully saturated rings. The lowest BCUT2D eigenvalue weighted by atomic mass is 9.84.